The van der Waals surface area contributed by atoms with Crippen molar-refractivity contribution in [3.05, 3.63) is 32.6 Å². The molecule has 0 aliphatic rings. The molecule has 11 heavy (non-hydrogen) atoms. The molecule has 0 amide bonds. The third kappa shape index (κ3) is 2.61. The Morgan fingerprint density at radius 1 is 1.36 bits per heavy atom. The van der Waals surface area contributed by atoms with Crippen LogP contribution in [0.1, 0.15) is 5.56 Å². The van der Waals surface area contributed by atoms with Gasteiger partial charge in [0.2, 0.25) is 0 Å². The number of aromatic nitrogens is 2. The molecule has 0 fully saturated rings. The van der Waals surface area contributed by atoms with E-state index in [1.807, 2.05) is 6.79 Å². The minimum absolute atomic E-state index is 0.334. The van der Waals surface area contributed by atoms with Gasteiger partial charge in [0.15, 0.2) is 0 Å². The van der Waals surface area contributed by atoms with E-state index in [4.69, 9.17) is 4.79 Å². The maximum atomic E-state index is 10.6. The van der Waals surface area contributed by atoms with Gasteiger partial charge in [0.25, 0.3) is 5.56 Å². The van der Waals surface area contributed by atoms with Crippen molar-refractivity contribution in [1.29, 1.82) is 0 Å². The first-order valence-corrected chi connectivity index (χ1v) is 2.77. The lowest BCUT2D eigenvalue weighted by Gasteiger charge is -1.84. The SMILES string of the molecule is C=O.Cc1c[nH]c(=O)[nH]c1=O. The summed E-state index contributed by atoms with van der Waals surface area (Å²) in [5, 5.41) is 0. The Kier molecular flexibility index (Phi) is 3.58. The molecule has 1 aromatic heterocycles. The number of nitrogens with one attached hydrogen (secondary N) is 2. The highest BCUT2D eigenvalue weighted by molar-refractivity contribution is 5.11. The lowest BCUT2D eigenvalue weighted by molar-refractivity contribution is -0.0979. The summed E-state index contributed by atoms with van der Waals surface area (Å²) in [4.78, 5) is 33.3. The number of hydrogen-bond acceptors (Lipinski definition) is 3. The molecular weight excluding hydrogens is 148 g/mol. The molecule has 60 valence electrons. The van der Waals surface area contributed by atoms with Crippen LogP contribution in [0.25, 0.3) is 0 Å². The summed E-state index contributed by atoms with van der Waals surface area (Å²) in [6, 6.07) is 0. The number of rotatable bonds is 0. The molecule has 2 N–H and O–H groups in total. The van der Waals surface area contributed by atoms with Gasteiger partial charge in [0.1, 0.15) is 6.79 Å². The Morgan fingerprint density at radius 2 is 1.91 bits per heavy atom. The number of carbonyl (C=O) groups excluding carboxylic acids is 1. The fourth-order valence-corrected chi connectivity index (χ4v) is 0.477. The molecular formula is C6H8N2O3. The van der Waals surface area contributed by atoms with Crippen LogP contribution in [0.5, 0.6) is 0 Å². The second kappa shape index (κ2) is 4.21. The largest absolute Gasteiger partial charge is 0.325 e. The van der Waals surface area contributed by atoms with Crippen LogP contribution in [0, 0.1) is 6.92 Å². The van der Waals surface area contributed by atoms with Crippen LogP contribution in [0.3, 0.4) is 0 Å². The maximum Gasteiger partial charge on any atom is 0.325 e. The summed E-state index contributed by atoms with van der Waals surface area (Å²) < 4.78 is 0. The smallest absolute Gasteiger partial charge is 0.314 e. The molecule has 5 heteroatoms. The summed E-state index contributed by atoms with van der Waals surface area (Å²) in [6.07, 6.45) is 1.38. The first-order chi connectivity index (χ1) is 5.20. The van der Waals surface area contributed by atoms with E-state index in [0.29, 0.717) is 5.56 Å². The first kappa shape index (κ1) is 9.35. The van der Waals surface area contributed by atoms with Crippen LogP contribution < -0.4 is 11.2 Å². The van der Waals surface area contributed by atoms with Crippen molar-refractivity contribution in [1.82, 2.24) is 9.97 Å². The standard InChI is InChI=1S/C5H6N2O2.CH2O/c1-3-2-6-5(9)7-4(3)8;1-2/h2H,1H3,(H2,6,7,8,9);1H2. The van der Waals surface area contributed by atoms with Crippen molar-refractivity contribution in [3.8, 4) is 0 Å². The highest BCUT2D eigenvalue weighted by Gasteiger charge is 1.88. The summed E-state index contributed by atoms with van der Waals surface area (Å²) in [5.74, 6) is 0. The number of H-pyrrole nitrogens is 2. The zero-order chi connectivity index (χ0) is 8.85. The van der Waals surface area contributed by atoms with Gasteiger partial charge in [-0.15, -0.1) is 0 Å². The van der Waals surface area contributed by atoms with Gasteiger partial charge in [-0.1, -0.05) is 0 Å². The lowest BCUT2D eigenvalue weighted by Crippen LogP contribution is -2.22. The van der Waals surface area contributed by atoms with Crippen LogP contribution in [0.2, 0.25) is 0 Å². The number of hydrogen-bond donors (Lipinski definition) is 2. The fourth-order valence-electron chi connectivity index (χ4n) is 0.477. The van der Waals surface area contributed by atoms with E-state index in [-0.39, 0.29) is 5.56 Å². The average Bonchev–Trinajstić information content (AvgIpc) is 2.02. The van der Waals surface area contributed by atoms with Gasteiger partial charge in [-0.25, -0.2) is 4.79 Å². The zero-order valence-electron chi connectivity index (χ0n) is 6.01. The summed E-state index contributed by atoms with van der Waals surface area (Å²) in [6.45, 7) is 3.62. The number of aryl methyl sites for hydroxylation is 1. The van der Waals surface area contributed by atoms with Gasteiger partial charge in [-0.3, -0.25) is 9.78 Å². The van der Waals surface area contributed by atoms with Crippen molar-refractivity contribution < 1.29 is 4.79 Å². The quantitative estimate of drug-likeness (QED) is 0.515. The van der Waals surface area contributed by atoms with E-state index in [0.717, 1.165) is 0 Å². The molecule has 1 rings (SSSR count). The van der Waals surface area contributed by atoms with Crippen molar-refractivity contribution >= 4 is 6.79 Å². The van der Waals surface area contributed by atoms with Gasteiger partial charge >= 0.3 is 5.69 Å². The predicted octanol–water partition coefficient (Wildman–Crippen LogP) is -0.813. The second-order valence-corrected chi connectivity index (χ2v) is 1.75. The molecule has 1 aromatic rings. The Hall–Kier alpha value is -1.65. The minimum Gasteiger partial charge on any atom is -0.314 e. The minimum atomic E-state index is -0.467. The van der Waals surface area contributed by atoms with Crippen LogP contribution in [0.4, 0.5) is 0 Å². The Morgan fingerprint density at radius 3 is 2.27 bits per heavy atom. The van der Waals surface area contributed by atoms with Gasteiger partial charge < -0.3 is 9.78 Å². The maximum absolute atomic E-state index is 10.6. The van der Waals surface area contributed by atoms with Crippen LogP contribution >= 0.6 is 0 Å². The Bertz CT molecular complexity index is 325. The third-order valence-electron chi connectivity index (χ3n) is 1.00. The average molecular weight is 156 g/mol. The second-order valence-electron chi connectivity index (χ2n) is 1.75. The topological polar surface area (TPSA) is 82.8 Å². The monoisotopic (exact) mass is 156 g/mol. The van der Waals surface area contributed by atoms with E-state index < -0.39 is 5.69 Å². The molecule has 0 aromatic carbocycles. The number of carbonyl (C=O) groups is 1. The van der Waals surface area contributed by atoms with E-state index in [1.54, 1.807) is 6.92 Å². The van der Waals surface area contributed by atoms with E-state index >= 15 is 0 Å². The van der Waals surface area contributed by atoms with E-state index in [1.165, 1.54) is 6.20 Å². The molecule has 0 spiro atoms. The molecule has 0 atom stereocenters. The summed E-state index contributed by atoms with van der Waals surface area (Å²) in [7, 11) is 0. The van der Waals surface area contributed by atoms with Crippen molar-refractivity contribution in [2.75, 3.05) is 0 Å². The van der Waals surface area contributed by atoms with Gasteiger partial charge in [0.05, 0.1) is 0 Å². The molecule has 1 heterocycles. The fraction of sp³-hybridized carbons (Fsp3) is 0.167. The van der Waals surface area contributed by atoms with Gasteiger partial charge in [-0.2, -0.15) is 0 Å². The van der Waals surface area contributed by atoms with E-state index in [2.05, 4.69) is 9.97 Å². The molecule has 0 saturated heterocycles. The van der Waals surface area contributed by atoms with Gasteiger partial charge in [0, 0.05) is 11.8 Å². The zero-order valence-corrected chi connectivity index (χ0v) is 6.01. The Balaban J connectivity index is 0.000000461. The summed E-state index contributed by atoms with van der Waals surface area (Å²) in [5.41, 5.74) is -0.293. The normalized spacial score (nSPS) is 8.09. The first-order valence-electron chi connectivity index (χ1n) is 2.77. The lowest BCUT2D eigenvalue weighted by atomic mass is 10.4. The van der Waals surface area contributed by atoms with Crippen molar-refractivity contribution in [3.63, 3.8) is 0 Å². The third-order valence-corrected chi connectivity index (χ3v) is 1.00. The molecule has 0 aliphatic heterocycles. The van der Waals surface area contributed by atoms with Crippen molar-refractivity contribution in [2.45, 2.75) is 6.92 Å². The van der Waals surface area contributed by atoms with Crippen LogP contribution in [-0.2, 0) is 4.79 Å². The molecule has 0 saturated carbocycles. The summed E-state index contributed by atoms with van der Waals surface area (Å²) >= 11 is 0. The van der Waals surface area contributed by atoms with Gasteiger partial charge in [-0.05, 0) is 6.92 Å². The highest BCUT2D eigenvalue weighted by atomic mass is 16.2. The predicted molar refractivity (Wildman–Crippen MR) is 39.5 cm³/mol. The van der Waals surface area contributed by atoms with Crippen LogP contribution in [0.15, 0.2) is 15.8 Å². The van der Waals surface area contributed by atoms with Crippen LogP contribution in [-0.4, -0.2) is 16.8 Å². The molecule has 0 radical (unpaired) electrons. The molecule has 5 nitrogen and oxygen atoms in total. The number of aromatic amines is 2. The van der Waals surface area contributed by atoms with E-state index in [9.17, 15) is 9.59 Å². The molecule has 0 aliphatic carbocycles. The Labute approximate surface area is 62.1 Å². The van der Waals surface area contributed by atoms with Crippen molar-refractivity contribution in [2.24, 2.45) is 0 Å². The molecule has 0 unspecified atom stereocenters. The highest BCUT2D eigenvalue weighted by Crippen LogP contribution is 1.73. The molecule has 0 bridgehead atoms.